The Morgan fingerprint density at radius 2 is 2.12 bits per heavy atom. The van der Waals surface area contributed by atoms with E-state index in [1.165, 1.54) is 6.07 Å². The van der Waals surface area contributed by atoms with Crippen molar-refractivity contribution >= 4 is 17.7 Å². The van der Waals surface area contributed by atoms with E-state index in [-0.39, 0.29) is 11.9 Å². The molecule has 0 saturated heterocycles. The lowest BCUT2D eigenvalue weighted by Crippen LogP contribution is -2.43. The first-order chi connectivity index (χ1) is 12.6. The lowest BCUT2D eigenvalue weighted by molar-refractivity contribution is -0.153. The predicted molar refractivity (Wildman–Crippen MR) is 95.5 cm³/mol. The number of pyridine rings is 1. The van der Waals surface area contributed by atoms with Gasteiger partial charge in [-0.25, -0.2) is 4.98 Å². The van der Waals surface area contributed by atoms with Gasteiger partial charge in [-0.3, -0.25) is 9.59 Å². The van der Waals surface area contributed by atoms with Crippen molar-refractivity contribution in [1.29, 1.82) is 5.26 Å². The van der Waals surface area contributed by atoms with E-state index >= 15 is 0 Å². The molecule has 3 rings (SSSR count). The molecule has 0 spiro atoms. The Labute approximate surface area is 151 Å². The van der Waals surface area contributed by atoms with Gasteiger partial charge < -0.3 is 10.1 Å². The molecule has 1 N–H and O–H groups in total. The maximum Gasteiger partial charge on any atom is 0.316 e. The van der Waals surface area contributed by atoms with E-state index in [1.807, 2.05) is 12.1 Å². The smallest absolute Gasteiger partial charge is 0.316 e. The van der Waals surface area contributed by atoms with Crippen LogP contribution < -0.4 is 5.32 Å². The van der Waals surface area contributed by atoms with E-state index in [4.69, 9.17) is 10.00 Å². The van der Waals surface area contributed by atoms with Gasteiger partial charge in [0.05, 0.1) is 23.7 Å². The van der Waals surface area contributed by atoms with Gasteiger partial charge in [0.1, 0.15) is 5.82 Å². The Bertz CT molecular complexity index is 865. The summed E-state index contributed by atoms with van der Waals surface area (Å²) in [4.78, 5) is 28.9. The van der Waals surface area contributed by atoms with Crippen LogP contribution in [-0.4, -0.2) is 23.5 Å². The number of carbonyl (C=O) groups is 2. The van der Waals surface area contributed by atoms with Crippen LogP contribution in [-0.2, 0) is 14.9 Å². The average molecular weight is 349 g/mol. The first-order valence-electron chi connectivity index (χ1n) is 8.54. The highest BCUT2D eigenvalue weighted by atomic mass is 16.5. The molecule has 6 heteroatoms. The molecular weight excluding hydrogens is 330 g/mol. The van der Waals surface area contributed by atoms with Crippen LogP contribution in [0.15, 0.2) is 42.6 Å². The second kappa shape index (κ2) is 7.36. The zero-order valence-corrected chi connectivity index (χ0v) is 14.5. The second-order valence-corrected chi connectivity index (χ2v) is 6.23. The van der Waals surface area contributed by atoms with Crippen molar-refractivity contribution in [3.8, 4) is 6.07 Å². The minimum absolute atomic E-state index is 0.210. The highest BCUT2D eigenvalue weighted by Gasteiger charge is 2.47. The number of nitrogens with zero attached hydrogens (tertiary/aromatic N) is 2. The van der Waals surface area contributed by atoms with E-state index in [0.717, 1.165) is 24.8 Å². The van der Waals surface area contributed by atoms with Crippen molar-refractivity contribution in [3.05, 3.63) is 59.3 Å². The summed E-state index contributed by atoms with van der Waals surface area (Å²) in [6.45, 7) is 2.15. The van der Waals surface area contributed by atoms with Crippen molar-refractivity contribution in [2.75, 3.05) is 11.9 Å². The third-order valence-electron chi connectivity index (χ3n) is 4.68. The van der Waals surface area contributed by atoms with Gasteiger partial charge in [-0.2, -0.15) is 5.26 Å². The first kappa shape index (κ1) is 17.6. The van der Waals surface area contributed by atoms with E-state index in [0.29, 0.717) is 23.6 Å². The number of aromatic nitrogens is 1. The molecule has 2 aromatic rings. The summed E-state index contributed by atoms with van der Waals surface area (Å²) in [6.07, 6.45) is 4.10. The number of anilines is 1. The minimum Gasteiger partial charge on any atom is -0.465 e. The molecule has 6 nitrogen and oxygen atoms in total. The third kappa shape index (κ3) is 3.29. The fraction of sp³-hybridized carbons (Fsp3) is 0.300. The van der Waals surface area contributed by atoms with E-state index in [9.17, 15) is 9.59 Å². The summed E-state index contributed by atoms with van der Waals surface area (Å²) in [5, 5.41) is 11.6. The highest BCUT2D eigenvalue weighted by Crippen LogP contribution is 2.44. The molecular formula is C20H19N3O3. The molecule has 0 aliphatic heterocycles. The van der Waals surface area contributed by atoms with Crippen molar-refractivity contribution < 1.29 is 14.3 Å². The number of ether oxygens (including phenoxy) is 1. The quantitative estimate of drug-likeness (QED) is 0.837. The molecule has 1 aliphatic rings. The topological polar surface area (TPSA) is 92.1 Å². The monoisotopic (exact) mass is 349 g/mol. The fourth-order valence-electron chi connectivity index (χ4n) is 3.08. The van der Waals surface area contributed by atoms with Crippen LogP contribution in [0.25, 0.3) is 0 Å². The van der Waals surface area contributed by atoms with Crippen LogP contribution in [0.3, 0.4) is 0 Å². The number of hydrogen-bond donors (Lipinski definition) is 1. The van der Waals surface area contributed by atoms with Crippen molar-refractivity contribution in [1.82, 2.24) is 4.98 Å². The van der Waals surface area contributed by atoms with E-state index in [2.05, 4.69) is 10.3 Å². The normalized spacial score (nSPS) is 14.6. The van der Waals surface area contributed by atoms with Gasteiger partial charge in [0.15, 0.2) is 0 Å². The lowest BCUT2D eigenvalue weighted by atomic mass is 9.65. The molecule has 132 valence electrons. The Kier molecular flexibility index (Phi) is 4.99. The van der Waals surface area contributed by atoms with Crippen LogP contribution in [0.4, 0.5) is 5.82 Å². The maximum absolute atomic E-state index is 12.3. The van der Waals surface area contributed by atoms with Crippen LogP contribution in [0, 0.1) is 11.3 Å². The summed E-state index contributed by atoms with van der Waals surface area (Å²) < 4.78 is 5.22. The molecule has 1 amide bonds. The molecule has 0 atom stereocenters. The first-order valence-corrected chi connectivity index (χ1v) is 8.54. The van der Waals surface area contributed by atoms with Crippen molar-refractivity contribution in [2.24, 2.45) is 0 Å². The molecule has 1 saturated carbocycles. The fourth-order valence-corrected chi connectivity index (χ4v) is 3.08. The number of benzene rings is 1. The number of carbonyl (C=O) groups excluding carboxylic acids is 2. The molecule has 1 aromatic heterocycles. The largest absolute Gasteiger partial charge is 0.465 e. The Morgan fingerprint density at radius 3 is 2.69 bits per heavy atom. The number of rotatable bonds is 5. The second-order valence-electron chi connectivity index (χ2n) is 6.23. The van der Waals surface area contributed by atoms with Crippen LogP contribution in [0.2, 0.25) is 0 Å². The van der Waals surface area contributed by atoms with Gasteiger partial charge in [-0.05, 0) is 49.6 Å². The zero-order valence-electron chi connectivity index (χ0n) is 14.5. The molecule has 1 fully saturated rings. The van der Waals surface area contributed by atoms with E-state index < -0.39 is 5.41 Å². The molecule has 26 heavy (non-hydrogen) atoms. The molecule has 0 bridgehead atoms. The Hall–Kier alpha value is -3.20. The number of nitriles is 1. The van der Waals surface area contributed by atoms with Crippen LogP contribution in [0.5, 0.6) is 0 Å². The minimum atomic E-state index is -0.604. The number of amides is 1. The summed E-state index contributed by atoms with van der Waals surface area (Å²) in [6, 6.07) is 11.9. The summed E-state index contributed by atoms with van der Waals surface area (Å²) in [7, 11) is 0. The molecule has 0 unspecified atom stereocenters. The molecule has 0 radical (unpaired) electrons. The number of hydrogen-bond acceptors (Lipinski definition) is 5. The lowest BCUT2D eigenvalue weighted by Gasteiger charge is -2.39. The van der Waals surface area contributed by atoms with Gasteiger partial charge in [-0.15, -0.1) is 0 Å². The highest BCUT2D eigenvalue weighted by molar-refractivity contribution is 6.04. The molecule has 1 heterocycles. The maximum atomic E-state index is 12.3. The van der Waals surface area contributed by atoms with Gasteiger partial charge in [-0.1, -0.05) is 18.6 Å². The van der Waals surface area contributed by atoms with Crippen molar-refractivity contribution in [3.63, 3.8) is 0 Å². The van der Waals surface area contributed by atoms with E-state index in [1.54, 1.807) is 37.4 Å². The van der Waals surface area contributed by atoms with Crippen LogP contribution in [0.1, 0.15) is 47.7 Å². The number of esters is 1. The van der Waals surface area contributed by atoms with Crippen LogP contribution >= 0.6 is 0 Å². The Morgan fingerprint density at radius 1 is 1.31 bits per heavy atom. The average Bonchev–Trinajstić information content (AvgIpc) is 2.62. The van der Waals surface area contributed by atoms with Gasteiger partial charge in [0, 0.05) is 11.8 Å². The van der Waals surface area contributed by atoms with Gasteiger partial charge >= 0.3 is 5.97 Å². The SMILES string of the molecule is CCOC(=O)C1(c2ccc(NC(=O)c3cccc(C#N)c3)nc2)CCC1. The standard InChI is InChI=1S/C20H19N3O3/c1-2-26-19(25)20(9-4-10-20)16-7-8-17(22-13-16)23-18(24)15-6-3-5-14(11-15)12-21/h3,5-8,11,13H,2,4,9-10H2,1H3,(H,22,23,24). The van der Waals surface area contributed by atoms with Gasteiger partial charge in [0.25, 0.3) is 5.91 Å². The number of nitrogens with one attached hydrogen (secondary N) is 1. The summed E-state index contributed by atoms with van der Waals surface area (Å²) >= 11 is 0. The molecule has 1 aromatic carbocycles. The van der Waals surface area contributed by atoms with Crippen molar-refractivity contribution in [2.45, 2.75) is 31.6 Å². The Balaban J connectivity index is 1.74. The summed E-state index contributed by atoms with van der Waals surface area (Å²) in [5.74, 6) is -0.163. The zero-order chi connectivity index (χ0) is 18.6. The predicted octanol–water partition coefficient (Wildman–Crippen LogP) is 3.19. The molecule has 1 aliphatic carbocycles. The third-order valence-corrected chi connectivity index (χ3v) is 4.68. The summed E-state index contributed by atoms with van der Waals surface area (Å²) in [5.41, 5.74) is 1.01. The van der Waals surface area contributed by atoms with Gasteiger partial charge in [0.2, 0.25) is 0 Å².